The summed E-state index contributed by atoms with van der Waals surface area (Å²) < 4.78 is 0. The van der Waals surface area contributed by atoms with E-state index in [0.29, 0.717) is 6.04 Å². The van der Waals surface area contributed by atoms with Crippen LogP contribution in [0.1, 0.15) is 30.6 Å². The zero-order valence-electron chi connectivity index (χ0n) is 12.6. The molecule has 0 radical (unpaired) electrons. The largest absolute Gasteiger partial charge is 0.338 e. The summed E-state index contributed by atoms with van der Waals surface area (Å²) >= 11 is 1.76. The number of urea groups is 1. The minimum atomic E-state index is 0.121. The molecule has 2 aliphatic rings. The Morgan fingerprint density at radius 3 is 2.90 bits per heavy atom. The quantitative estimate of drug-likeness (QED) is 0.928. The monoisotopic (exact) mass is 307 g/mol. The van der Waals surface area contributed by atoms with Crippen LogP contribution in [0.15, 0.2) is 17.5 Å². The summed E-state index contributed by atoms with van der Waals surface area (Å²) in [5.74, 6) is 0. The Morgan fingerprint density at radius 2 is 2.14 bits per heavy atom. The Hall–Kier alpha value is -1.07. The van der Waals surface area contributed by atoms with E-state index in [-0.39, 0.29) is 6.03 Å². The highest BCUT2D eigenvalue weighted by Crippen LogP contribution is 2.20. The number of thiophene rings is 1. The van der Waals surface area contributed by atoms with E-state index in [2.05, 4.69) is 27.7 Å². The van der Waals surface area contributed by atoms with Gasteiger partial charge >= 0.3 is 6.03 Å². The lowest BCUT2D eigenvalue weighted by Gasteiger charge is -2.37. The molecule has 0 unspecified atom stereocenters. The third kappa shape index (κ3) is 3.98. The van der Waals surface area contributed by atoms with Gasteiger partial charge in [0.2, 0.25) is 0 Å². The topological polar surface area (TPSA) is 35.6 Å². The maximum atomic E-state index is 12.3. The number of rotatable bonds is 4. The molecule has 0 bridgehead atoms. The fraction of sp³-hybridized carbons (Fsp3) is 0.688. The van der Waals surface area contributed by atoms with Crippen LogP contribution < -0.4 is 5.32 Å². The van der Waals surface area contributed by atoms with Crippen LogP contribution >= 0.6 is 11.3 Å². The van der Waals surface area contributed by atoms with Crippen LogP contribution in [0.25, 0.3) is 0 Å². The predicted molar refractivity (Wildman–Crippen MR) is 86.8 cm³/mol. The van der Waals surface area contributed by atoms with E-state index in [4.69, 9.17) is 0 Å². The predicted octanol–water partition coefficient (Wildman–Crippen LogP) is 2.56. The van der Waals surface area contributed by atoms with Gasteiger partial charge in [0.05, 0.1) is 0 Å². The first-order valence-electron chi connectivity index (χ1n) is 8.12. The van der Waals surface area contributed by atoms with E-state index >= 15 is 0 Å². The summed E-state index contributed by atoms with van der Waals surface area (Å²) in [5.41, 5.74) is 0. The number of amides is 2. The molecule has 2 aliphatic heterocycles. The molecule has 2 amide bonds. The van der Waals surface area contributed by atoms with Gasteiger partial charge in [-0.2, -0.15) is 0 Å². The SMILES string of the molecule is O=C(NCCc1cccs1)N1CCC[C@H](N2CCCC2)C1. The normalized spacial score (nSPS) is 23.4. The molecular weight excluding hydrogens is 282 g/mol. The van der Waals surface area contributed by atoms with Crippen LogP contribution in [0.2, 0.25) is 0 Å². The second-order valence-corrected chi connectivity index (χ2v) is 7.08. The Labute approximate surface area is 131 Å². The number of likely N-dealkylation sites (tertiary alicyclic amines) is 2. The minimum Gasteiger partial charge on any atom is -0.338 e. The molecule has 3 rings (SSSR count). The van der Waals surface area contributed by atoms with E-state index in [1.807, 2.05) is 4.90 Å². The number of nitrogens with zero attached hydrogens (tertiary/aromatic N) is 2. The number of nitrogens with one attached hydrogen (secondary N) is 1. The van der Waals surface area contributed by atoms with Crippen LogP contribution in [0.5, 0.6) is 0 Å². The van der Waals surface area contributed by atoms with Gasteiger partial charge in [-0.3, -0.25) is 4.90 Å². The van der Waals surface area contributed by atoms with Crippen LogP contribution in [-0.4, -0.2) is 54.6 Å². The molecule has 116 valence electrons. The molecule has 4 nitrogen and oxygen atoms in total. The van der Waals surface area contributed by atoms with Crippen molar-refractivity contribution in [2.75, 3.05) is 32.7 Å². The van der Waals surface area contributed by atoms with Crippen molar-refractivity contribution in [1.82, 2.24) is 15.1 Å². The highest BCUT2D eigenvalue weighted by Gasteiger charge is 2.28. The van der Waals surface area contributed by atoms with Crippen molar-refractivity contribution in [2.45, 2.75) is 38.1 Å². The molecule has 2 saturated heterocycles. The molecular formula is C16H25N3OS. The molecule has 21 heavy (non-hydrogen) atoms. The Morgan fingerprint density at radius 1 is 1.29 bits per heavy atom. The first-order chi connectivity index (χ1) is 10.3. The summed E-state index contributed by atoms with van der Waals surface area (Å²) in [6.45, 7) is 5.00. The van der Waals surface area contributed by atoms with Crippen molar-refractivity contribution in [1.29, 1.82) is 0 Å². The second kappa shape index (κ2) is 7.27. The van der Waals surface area contributed by atoms with Crippen molar-refractivity contribution < 1.29 is 4.79 Å². The molecule has 3 heterocycles. The van der Waals surface area contributed by atoms with Crippen LogP contribution in [-0.2, 0) is 6.42 Å². The molecule has 2 fully saturated rings. The van der Waals surface area contributed by atoms with E-state index in [1.165, 1.54) is 37.2 Å². The zero-order valence-corrected chi connectivity index (χ0v) is 13.4. The maximum Gasteiger partial charge on any atom is 0.317 e. The summed E-state index contributed by atoms with van der Waals surface area (Å²) in [6.07, 6.45) is 5.97. The lowest BCUT2D eigenvalue weighted by molar-refractivity contribution is 0.125. The lowest BCUT2D eigenvalue weighted by atomic mass is 10.0. The standard InChI is InChI=1S/C16H25N3OS/c20-16(17-8-7-15-6-4-12-21-15)19-11-3-5-14(13-19)18-9-1-2-10-18/h4,6,12,14H,1-3,5,7-11,13H2,(H,17,20)/t14-/m0/s1. The highest BCUT2D eigenvalue weighted by molar-refractivity contribution is 7.09. The lowest BCUT2D eigenvalue weighted by Crippen LogP contribution is -2.51. The first kappa shape index (κ1) is 14.9. The van der Waals surface area contributed by atoms with E-state index < -0.39 is 0 Å². The molecule has 0 aromatic carbocycles. The highest BCUT2D eigenvalue weighted by atomic mass is 32.1. The van der Waals surface area contributed by atoms with Gasteiger partial charge in [0.1, 0.15) is 0 Å². The summed E-state index contributed by atoms with van der Waals surface area (Å²) in [7, 11) is 0. The Balaban J connectivity index is 1.43. The number of carbonyl (C=O) groups excluding carboxylic acids is 1. The van der Waals surface area contributed by atoms with Crippen LogP contribution in [0, 0.1) is 0 Å². The van der Waals surface area contributed by atoms with Gasteiger partial charge in [-0.25, -0.2) is 4.79 Å². The fourth-order valence-electron chi connectivity index (χ4n) is 3.40. The zero-order chi connectivity index (χ0) is 14.5. The minimum absolute atomic E-state index is 0.121. The number of hydrogen-bond donors (Lipinski definition) is 1. The summed E-state index contributed by atoms with van der Waals surface area (Å²) in [6, 6.07) is 4.90. The van der Waals surface area contributed by atoms with E-state index in [0.717, 1.165) is 32.5 Å². The molecule has 5 heteroatoms. The van der Waals surface area contributed by atoms with Crippen LogP contribution in [0.3, 0.4) is 0 Å². The van der Waals surface area contributed by atoms with Gasteiger partial charge in [0, 0.05) is 30.6 Å². The van der Waals surface area contributed by atoms with Gasteiger partial charge in [-0.05, 0) is 56.6 Å². The van der Waals surface area contributed by atoms with Gasteiger partial charge in [-0.1, -0.05) is 6.07 Å². The maximum absolute atomic E-state index is 12.3. The summed E-state index contributed by atoms with van der Waals surface area (Å²) in [4.78, 5) is 18.2. The molecule has 1 aromatic heterocycles. The van der Waals surface area contributed by atoms with Crippen LogP contribution in [0.4, 0.5) is 4.79 Å². The van der Waals surface area contributed by atoms with Gasteiger partial charge in [0.25, 0.3) is 0 Å². The van der Waals surface area contributed by atoms with Crippen molar-refractivity contribution in [3.05, 3.63) is 22.4 Å². The van der Waals surface area contributed by atoms with Crippen molar-refractivity contribution in [3.8, 4) is 0 Å². The molecule has 1 aromatic rings. The number of hydrogen-bond acceptors (Lipinski definition) is 3. The van der Waals surface area contributed by atoms with Gasteiger partial charge in [-0.15, -0.1) is 11.3 Å². The molecule has 0 aliphatic carbocycles. The first-order valence-corrected chi connectivity index (χ1v) is 9.00. The van der Waals surface area contributed by atoms with Crippen molar-refractivity contribution in [3.63, 3.8) is 0 Å². The van der Waals surface area contributed by atoms with Gasteiger partial charge in [0.15, 0.2) is 0 Å². The fourth-order valence-corrected chi connectivity index (χ4v) is 4.11. The second-order valence-electron chi connectivity index (χ2n) is 6.05. The molecule has 0 saturated carbocycles. The smallest absolute Gasteiger partial charge is 0.317 e. The number of piperidine rings is 1. The Kier molecular flexibility index (Phi) is 5.14. The third-order valence-corrected chi connectivity index (χ3v) is 5.50. The van der Waals surface area contributed by atoms with Crippen molar-refractivity contribution >= 4 is 17.4 Å². The average molecular weight is 307 g/mol. The van der Waals surface area contributed by atoms with E-state index in [9.17, 15) is 4.79 Å². The molecule has 1 atom stereocenters. The van der Waals surface area contributed by atoms with E-state index in [1.54, 1.807) is 11.3 Å². The average Bonchev–Trinajstić information content (AvgIpc) is 3.21. The third-order valence-electron chi connectivity index (χ3n) is 4.57. The van der Waals surface area contributed by atoms with Crippen molar-refractivity contribution in [2.24, 2.45) is 0 Å². The molecule has 0 spiro atoms. The summed E-state index contributed by atoms with van der Waals surface area (Å²) in [5, 5.41) is 5.16. The molecule has 1 N–H and O–H groups in total. The number of carbonyl (C=O) groups is 1. The van der Waals surface area contributed by atoms with Gasteiger partial charge < -0.3 is 10.2 Å². The Bertz CT molecular complexity index is 442.